The van der Waals surface area contributed by atoms with E-state index in [2.05, 4.69) is 24.1 Å². The number of hydrogen-bond acceptors (Lipinski definition) is 3. The van der Waals surface area contributed by atoms with Gasteiger partial charge in [-0.15, -0.1) is 0 Å². The summed E-state index contributed by atoms with van der Waals surface area (Å²) in [5.41, 5.74) is 0.0978. The summed E-state index contributed by atoms with van der Waals surface area (Å²) in [4.78, 5) is 26.5. The zero-order valence-electron chi connectivity index (χ0n) is 10.5. The fraction of sp³-hybridized carbons (Fsp3) is 0.583. The van der Waals surface area contributed by atoms with Crippen LogP contribution in [0.2, 0.25) is 0 Å². The minimum Gasteiger partial charge on any atom is -0.480 e. The topological polar surface area (TPSA) is 84.2 Å². The lowest BCUT2D eigenvalue weighted by molar-refractivity contribution is -0.137. The molecule has 1 aromatic heterocycles. The van der Waals surface area contributed by atoms with E-state index >= 15 is 0 Å². The monoisotopic (exact) mass is 251 g/mol. The van der Waals surface area contributed by atoms with Crippen LogP contribution in [-0.4, -0.2) is 26.5 Å². The molecule has 1 fully saturated rings. The second-order valence-corrected chi connectivity index (χ2v) is 5.33. The van der Waals surface area contributed by atoms with Gasteiger partial charge in [-0.05, 0) is 11.8 Å². The first-order valence-electron chi connectivity index (χ1n) is 5.89. The van der Waals surface area contributed by atoms with Gasteiger partial charge in [0.15, 0.2) is 0 Å². The molecule has 1 aliphatic rings. The van der Waals surface area contributed by atoms with Gasteiger partial charge in [0, 0.05) is 18.3 Å². The number of imidazole rings is 1. The van der Waals surface area contributed by atoms with Crippen molar-refractivity contribution in [2.45, 2.75) is 33.4 Å². The number of nitrogens with one attached hydrogen (secondary N) is 1. The summed E-state index contributed by atoms with van der Waals surface area (Å²) in [5, 5.41) is 11.5. The molecule has 0 aromatic carbocycles. The fourth-order valence-corrected chi connectivity index (χ4v) is 2.00. The molecule has 1 aromatic rings. The van der Waals surface area contributed by atoms with Crippen LogP contribution in [0.4, 0.5) is 0 Å². The number of nitrogens with zero attached hydrogens (tertiary/aromatic N) is 2. The molecule has 1 heterocycles. The van der Waals surface area contributed by atoms with Crippen LogP contribution >= 0.6 is 0 Å². The van der Waals surface area contributed by atoms with Crippen molar-refractivity contribution in [1.29, 1.82) is 0 Å². The number of carboxylic acids is 1. The van der Waals surface area contributed by atoms with Crippen molar-refractivity contribution in [1.82, 2.24) is 14.9 Å². The summed E-state index contributed by atoms with van der Waals surface area (Å²) in [6.45, 7) is 4.25. The Bertz CT molecular complexity index is 479. The van der Waals surface area contributed by atoms with Crippen molar-refractivity contribution in [3.63, 3.8) is 0 Å². The van der Waals surface area contributed by atoms with E-state index in [0.29, 0.717) is 5.82 Å². The Morgan fingerprint density at radius 2 is 2.28 bits per heavy atom. The van der Waals surface area contributed by atoms with Gasteiger partial charge in [-0.1, -0.05) is 13.8 Å². The molecule has 1 aliphatic carbocycles. The minimum absolute atomic E-state index is 0.0184. The molecule has 1 atom stereocenters. The van der Waals surface area contributed by atoms with Gasteiger partial charge >= 0.3 is 5.97 Å². The zero-order chi connectivity index (χ0) is 13.3. The third-order valence-electron chi connectivity index (χ3n) is 3.36. The Balaban J connectivity index is 1.89. The largest absolute Gasteiger partial charge is 0.480 e. The number of rotatable bonds is 5. The lowest BCUT2D eigenvalue weighted by atomic mass is 10.1. The molecule has 0 unspecified atom stereocenters. The van der Waals surface area contributed by atoms with E-state index < -0.39 is 5.97 Å². The van der Waals surface area contributed by atoms with E-state index in [1.807, 2.05) is 0 Å². The minimum atomic E-state index is -0.927. The number of carbonyl (C=O) groups is 2. The van der Waals surface area contributed by atoms with Crippen LogP contribution in [0.5, 0.6) is 0 Å². The SMILES string of the molecule is CC1(C)C[C@@H]1C(=O)NCc1nccn1CC(=O)O. The Kier molecular flexibility index (Phi) is 3.11. The van der Waals surface area contributed by atoms with Gasteiger partial charge in [0.05, 0.1) is 6.54 Å². The van der Waals surface area contributed by atoms with E-state index in [1.54, 1.807) is 6.20 Å². The molecule has 1 amide bonds. The van der Waals surface area contributed by atoms with Crippen LogP contribution in [0.15, 0.2) is 12.4 Å². The van der Waals surface area contributed by atoms with Crippen LogP contribution in [-0.2, 0) is 22.7 Å². The summed E-state index contributed by atoms with van der Waals surface area (Å²) in [6.07, 6.45) is 4.03. The van der Waals surface area contributed by atoms with Crippen LogP contribution < -0.4 is 5.32 Å². The molecule has 0 bridgehead atoms. The van der Waals surface area contributed by atoms with Crippen molar-refractivity contribution in [2.75, 3.05) is 0 Å². The average molecular weight is 251 g/mol. The molecular formula is C12H17N3O3. The lowest BCUT2D eigenvalue weighted by Gasteiger charge is -2.08. The normalized spacial score (nSPS) is 20.4. The van der Waals surface area contributed by atoms with E-state index in [-0.39, 0.29) is 30.3 Å². The summed E-state index contributed by atoms with van der Waals surface area (Å²) in [7, 11) is 0. The van der Waals surface area contributed by atoms with Crippen molar-refractivity contribution >= 4 is 11.9 Å². The number of amides is 1. The third-order valence-corrected chi connectivity index (χ3v) is 3.36. The Labute approximate surface area is 105 Å². The highest BCUT2D eigenvalue weighted by Crippen LogP contribution is 2.51. The highest BCUT2D eigenvalue weighted by atomic mass is 16.4. The maximum absolute atomic E-state index is 11.8. The second-order valence-electron chi connectivity index (χ2n) is 5.33. The zero-order valence-corrected chi connectivity index (χ0v) is 10.5. The second kappa shape index (κ2) is 4.44. The highest BCUT2D eigenvalue weighted by molar-refractivity contribution is 5.82. The molecule has 0 saturated heterocycles. The van der Waals surface area contributed by atoms with E-state index in [4.69, 9.17) is 5.11 Å². The summed E-state index contributed by atoms with van der Waals surface area (Å²) < 4.78 is 1.51. The predicted molar refractivity (Wildman–Crippen MR) is 63.6 cm³/mol. The number of aliphatic carboxylic acids is 1. The van der Waals surface area contributed by atoms with Gasteiger partial charge < -0.3 is 15.0 Å². The average Bonchev–Trinajstić information content (AvgIpc) is 2.70. The van der Waals surface area contributed by atoms with Crippen molar-refractivity contribution in [3.8, 4) is 0 Å². The predicted octanol–water partition coefficient (Wildman–Crippen LogP) is 0.630. The molecule has 18 heavy (non-hydrogen) atoms. The van der Waals surface area contributed by atoms with E-state index in [9.17, 15) is 9.59 Å². The van der Waals surface area contributed by atoms with Crippen LogP contribution in [0.25, 0.3) is 0 Å². The molecule has 2 N–H and O–H groups in total. The maximum Gasteiger partial charge on any atom is 0.323 e. The molecule has 2 rings (SSSR count). The quantitative estimate of drug-likeness (QED) is 0.804. The van der Waals surface area contributed by atoms with Crippen LogP contribution in [0, 0.1) is 11.3 Å². The molecule has 0 spiro atoms. The highest BCUT2D eigenvalue weighted by Gasteiger charge is 2.50. The van der Waals surface area contributed by atoms with Gasteiger partial charge in [-0.3, -0.25) is 9.59 Å². The van der Waals surface area contributed by atoms with E-state index in [1.165, 1.54) is 10.8 Å². The van der Waals surface area contributed by atoms with Crippen molar-refractivity contribution in [3.05, 3.63) is 18.2 Å². The van der Waals surface area contributed by atoms with Gasteiger partial charge in [0.2, 0.25) is 5.91 Å². The number of carbonyl (C=O) groups excluding carboxylic acids is 1. The first-order chi connectivity index (χ1) is 8.40. The van der Waals surface area contributed by atoms with E-state index in [0.717, 1.165) is 6.42 Å². The molecule has 0 aliphatic heterocycles. The number of hydrogen-bond donors (Lipinski definition) is 2. The molecular weight excluding hydrogens is 234 g/mol. The molecule has 1 saturated carbocycles. The first-order valence-corrected chi connectivity index (χ1v) is 5.89. The van der Waals surface area contributed by atoms with Gasteiger partial charge in [-0.2, -0.15) is 0 Å². The number of aromatic nitrogens is 2. The lowest BCUT2D eigenvalue weighted by Crippen LogP contribution is -2.28. The molecule has 98 valence electrons. The fourth-order valence-electron chi connectivity index (χ4n) is 2.00. The number of carboxylic acid groups (broad SMARTS) is 1. The summed E-state index contributed by atoms with van der Waals surface area (Å²) in [5.74, 6) is -0.279. The smallest absolute Gasteiger partial charge is 0.323 e. The summed E-state index contributed by atoms with van der Waals surface area (Å²) >= 11 is 0. The summed E-state index contributed by atoms with van der Waals surface area (Å²) in [6, 6.07) is 0. The Hall–Kier alpha value is -1.85. The van der Waals surface area contributed by atoms with Crippen molar-refractivity contribution in [2.24, 2.45) is 11.3 Å². The third kappa shape index (κ3) is 2.69. The van der Waals surface area contributed by atoms with Gasteiger partial charge in [-0.25, -0.2) is 4.98 Å². The van der Waals surface area contributed by atoms with Crippen LogP contribution in [0.1, 0.15) is 26.1 Å². The Morgan fingerprint density at radius 1 is 1.61 bits per heavy atom. The molecule has 0 radical (unpaired) electrons. The Morgan fingerprint density at radius 3 is 2.83 bits per heavy atom. The van der Waals surface area contributed by atoms with Crippen molar-refractivity contribution < 1.29 is 14.7 Å². The first kappa shape index (κ1) is 12.6. The standard InChI is InChI=1S/C12H17N3O3/c1-12(2)5-8(12)11(18)14-6-9-13-3-4-15(9)7-10(16)17/h3-4,8H,5-7H2,1-2H3,(H,14,18)(H,16,17)/t8-/m1/s1. The maximum atomic E-state index is 11.8. The van der Waals surface area contributed by atoms with Gasteiger partial charge in [0.1, 0.15) is 12.4 Å². The molecule has 6 heteroatoms. The van der Waals surface area contributed by atoms with Crippen LogP contribution in [0.3, 0.4) is 0 Å². The van der Waals surface area contributed by atoms with Gasteiger partial charge in [0.25, 0.3) is 0 Å². The molecule has 6 nitrogen and oxygen atoms in total.